The minimum absolute atomic E-state index is 0. The van der Waals surface area contributed by atoms with E-state index >= 15 is 0 Å². The number of rotatable bonds is 15. The van der Waals surface area contributed by atoms with E-state index in [0.29, 0.717) is 30.3 Å². The highest BCUT2D eigenvalue weighted by Gasteiger charge is 2.72. The van der Waals surface area contributed by atoms with E-state index in [1.54, 1.807) is 0 Å². The zero-order chi connectivity index (χ0) is 49.0. The second-order valence-electron chi connectivity index (χ2n) is 24.1. The summed E-state index contributed by atoms with van der Waals surface area (Å²) in [6.07, 6.45) is 8.71. The Hall–Kier alpha value is -2.46. The molecule has 70 heavy (non-hydrogen) atoms. The van der Waals surface area contributed by atoms with Gasteiger partial charge in [-0.2, -0.15) is 0 Å². The molecular weight excluding hydrogens is 960 g/mol. The van der Waals surface area contributed by atoms with Crippen LogP contribution in [-0.4, -0.2) is 82.6 Å². The van der Waals surface area contributed by atoms with Crippen molar-refractivity contribution in [2.24, 2.45) is 56.7 Å². The molecule has 5 saturated carbocycles. The first kappa shape index (κ1) is 53.8. The summed E-state index contributed by atoms with van der Waals surface area (Å²) in [5, 5.41) is 46.1. The van der Waals surface area contributed by atoms with Crippen LogP contribution in [0.2, 0.25) is 0 Å². The Balaban J connectivity index is 0.00000659. The van der Waals surface area contributed by atoms with Crippen molar-refractivity contribution in [3.05, 3.63) is 103 Å². The van der Waals surface area contributed by atoms with Crippen molar-refractivity contribution in [3.63, 3.8) is 0 Å². The van der Waals surface area contributed by atoms with E-state index in [-0.39, 0.29) is 56.6 Å². The molecule has 6 fully saturated rings. The monoisotopic (exact) mass is 1040 g/mol. The van der Waals surface area contributed by atoms with Gasteiger partial charge < -0.3 is 51.6 Å². The number of hydrogen-bond acceptors (Lipinski definition) is 8. The number of benzene rings is 3. The van der Waals surface area contributed by atoms with E-state index in [1.807, 2.05) is 0 Å². The third-order valence-corrected chi connectivity index (χ3v) is 25.3. The fourth-order valence-corrected chi connectivity index (χ4v) is 21.5. The molecule has 384 valence electrons. The number of aliphatic hydroxyl groups is 4. The van der Waals surface area contributed by atoms with Crippen LogP contribution in [0.3, 0.4) is 0 Å². The first-order valence-corrected chi connectivity index (χ1v) is 28.8. The number of unbranched alkanes of at least 4 members (excludes halogenated alkanes) is 3. The first-order chi connectivity index (χ1) is 33.0. The predicted octanol–water partition coefficient (Wildman–Crippen LogP) is 6.93. The van der Waals surface area contributed by atoms with Gasteiger partial charge in [0.15, 0.2) is 6.29 Å². The van der Waals surface area contributed by atoms with Crippen LogP contribution in [0.15, 0.2) is 103 Å². The van der Waals surface area contributed by atoms with Crippen molar-refractivity contribution in [3.8, 4) is 0 Å². The van der Waals surface area contributed by atoms with Crippen molar-refractivity contribution in [1.82, 2.24) is 0 Å². The number of ether oxygens (including phenoxy) is 3. The van der Waals surface area contributed by atoms with Crippen LogP contribution in [0.4, 0.5) is 0 Å². The second kappa shape index (κ2) is 21.0. The molecule has 15 atom stereocenters. The minimum Gasteiger partial charge on any atom is -1.00 e. The Morgan fingerprint density at radius 3 is 1.87 bits per heavy atom. The van der Waals surface area contributed by atoms with Crippen LogP contribution in [0.5, 0.6) is 0 Å². The molecule has 0 radical (unpaired) electrons. The van der Waals surface area contributed by atoms with Gasteiger partial charge in [0.1, 0.15) is 47.6 Å². The normalized spacial score (nSPS) is 38.7. The SMILES string of the molecule is C=C(C)[C@@H]1CC[C@]2(C(=O)OCCCCCC[P+](c3ccccc3)(c3ccccc3)c3ccccc3)CC[C@]3(C)[C@H](CC[C@@H]4[C@@]5(C)CC[C@H](O[C@H]6O[C@H](CO)[C@@H](O)[C@H](O)[C@@H]6O)C(C)(C)[C@@H]5CC[C@]43C)[C@@H]12.[Br-]. The Morgan fingerprint density at radius 1 is 0.686 bits per heavy atom. The molecular formula is C60H84BrO8P. The third-order valence-electron chi connectivity index (χ3n) is 20.8. The predicted molar refractivity (Wildman–Crippen MR) is 277 cm³/mol. The number of hydrogen-bond donors (Lipinski definition) is 4. The van der Waals surface area contributed by atoms with Crippen molar-refractivity contribution < 1.29 is 56.4 Å². The lowest BCUT2D eigenvalue weighted by atomic mass is 9.32. The molecule has 3 aromatic rings. The van der Waals surface area contributed by atoms with Gasteiger partial charge in [0, 0.05) is 0 Å². The van der Waals surface area contributed by atoms with E-state index in [1.165, 1.54) is 21.5 Å². The lowest BCUT2D eigenvalue weighted by Gasteiger charge is -2.73. The fourth-order valence-electron chi connectivity index (χ4n) is 17.1. The van der Waals surface area contributed by atoms with Gasteiger partial charge in [-0.05, 0) is 184 Å². The number of esters is 1. The second-order valence-corrected chi connectivity index (χ2v) is 27.7. The summed E-state index contributed by atoms with van der Waals surface area (Å²) in [4.78, 5) is 14.9. The molecule has 6 aliphatic rings. The quantitative estimate of drug-likeness (QED) is 0.0425. The van der Waals surface area contributed by atoms with Crippen molar-refractivity contribution >= 4 is 29.1 Å². The Labute approximate surface area is 430 Å². The summed E-state index contributed by atoms with van der Waals surface area (Å²) in [6.45, 7) is 19.2. The smallest absolute Gasteiger partial charge is 0.312 e. The van der Waals surface area contributed by atoms with E-state index < -0.39 is 50.0 Å². The van der Waals surface area contributed by atoms with Gasteiger partial charge in [-0.15, -0.1) is 0 Å². The number of allylic oxidation sites excluding steroid dienone is 1. The van der Waals surface area contributed by atoms with Crippen LogP contribution in [0, 0.1) is 56.7 Å². The Kier molecular flexibility index (Phi) is 16.2. The molecule has 1 aliphatic heterocycles. The molecule has 4 N–H and O–H groups in total. The molecule has 1 saturated heterocycles. The van der Waals surface area contributed by atoms with Gasteiger partial charge in [0.2, 0.25) is 0 Å². The summed E-state index contributed by atoms with van der Waals surface area (Å²) in [5.74, 6) is 1.94. The first-order valence-electron chi connectivity index (χ1n) is 26.8. The molecule has 8 nitrogen and oxygen atoms in total. The third kappa shape index (κ3) is 8.86. The van der Waals surface area contributed by atoms with Crippen LogP contribution >= 0.6 is 7.26 Å². The summed E-state index contributed by atoms with van der Waals surface area (Å²) < 4.78 is 18.9. The van der Waals surface area contributed by atoms with Crippen LogP contribution in [0.1, 0.15) is 131 Å². The highest BCUT2D eigenvalue weighted by atomic mass is 79.9. The number of halogens is 1. The molecule has 1 heterocycles. The Bertz CT molecular complexity index is 2150. The molecule has 5 aliphatic carbocycles. The molecule has 9 rings (SSSR count). The highest BCUT2D eigenvalue weighted by molar-refractivity contribution is 7.95. The zero-order valence-corrected chi connectivity index (χ0v) is 45.5. The van der Waals surface area contributed by atoms with E-state index in [9.17, 15) is 25.2 Å². The average molecular weight is 1040 g/mol. The number of aliphatic hydroxyl groups excluding tert-OH is 4. The zero-order valence-electron chi connectivity index (χ0n) is 43.0. The summed E-state index contributed by atoms with van der Waals surface area (Å²) in [5.41, 5.74) is 0.770. The van der Waals surface area contributed by atoms with Crippen LogP contribution in [0.25, 0.3) is 0 Å². The number of carbonyl (C=O) groups excluding carboxylic acids is 1. The van der Waals surface area contributed by atoms with Gasteiger partial charge in [0.25, 0.3) is 0 Å². The molecule has 0 bridgehead atoms. The highest BCUT2D eigenvalue weighted by Crippen LogP contribution is 2.78. The largest absolute Gasteiger partial charge is 1.00 e. The van der Waals surface area contributed by atoms with Crippen LogP contribution < -0.4 is 32.9 Å². The molecule has 0 amide bonds. The maximum Gasteiger partial charge on any atom is 0.312 e. The topological polar surface area (TPSA) is 126 Å². The summed E-state index contributed by atoms with van der Waals surface area (Å²) in [6, 6.07) is 33.4. The maximum atomic E-state index is 14.9. The molecule has 0 unspecified atom stereocenters. The van der Waals surface area contributed by atoms with E-state index in [4.69, 9.17) is 14.2 Å². The summed E-state index contributed by atoms with van der Waals surface area (Å²) >= 11 is 0. The summed E-state index contributed by atoms with van der Waals surface area (Å²) in [7, 11) is -1.87. The lowest BCUT2D eigenvalue weighted by molar-refractivity contribution is -0.331. The van der Waals surface area contributed by atoms with E-state index in [0.717, 1.165) is 96.1 Å². The van der Waals surface area contributed by atoms with Gasteiger partial charge in [0.05, 0.1) is 30.9 Å². The lowest BCUT2D eigenvalue weighted by Crippen LogP contribution is -3.00. The number of carbonyl (C=O) groups is 1. The number of fused-ring (bicyclic) bond motifs is 7. The molecule has 3 aromatic carbocycles. The van der Waals surface area contributed by atoms with Gasteiger partial charge in [-0.3, -0.25) is 4.79 Å². The van der Waals surface area contributed by atoms with Crippen LogP contribution in [-0.2, 0) is 19.0 Å². The Morgan fingerprint density at radius 2 is 1.29 bits per heavy atom. The average Bonchev–Trinajstić information content (AvgIpc) is 3.76. The van der Waals surface area contributed by atoms with Gasteiger partial charge in [-0.25, -0.2) is 0 Å². The maximum absolute atomic E-state index is 14.9. The molecule has 10 heteroatoms. The standard InChI is InChI=1S/C60H84O8P.BrH/c1-40(2)44-29-34-60(55(65)66-37-19-8-9-20-38-69(41-21-13-10-14-22-41,42-23-15-11-16-24-42)43-25-17-12-18-26-43)36-35-58(6)45(50(44)60)27-28-48-57(5)32-31-49(56(3,4)47(57)30-33-59(48,58)7)68-54-53(64)52(63)51(62)46(39-61)67-54;/h10-18,21-26,44-54,61-64H,1,8-9,19-20,27-39H2,2-7H3;1H/q+1;/p-1/t44-,45+,46+,47-,48+,49-,50+,51+,52-,53-,54+,57-,58+,59+,60-;/m0./s1. The van der Waals surface area contributed by atoms with Crippen molar-refractivity contribution in [2.75, 3.05) is 19.4 Å². The van der Waals surface area contributed by atoms with Crippen molar-refractivity contribution in [2.45, 2.75) is 168 Å². The van der Waals surface area contributed by atoms with Gasteiger partial charge in [-0.1, -0.05) is 101 Å². The van der Waals surface area contributed by atoms with Crippen molar-refractivity contribution in [1.29, 1.82) is 0 Å². The van der Waals surface area contributed by atoms with Gasteiger partial charge >= 0.3 is 5.97 Å². The molecule has 0 spiro atoms. The minimum atomic E-state index is -1.87. The fraction of sp³-hybridized carbons (Fsp3) is 0.650. The van der Waals surface area contributed by atoms with E-state index in [2.05, 4.69) is 139 Å². The molecule has 0 aromatic heterocycles.